The van der Waals surface area contributed by atoms with Crippen LogP contribution in [0, 0.1) is 0 Å². The number of ether oxygens (including phenoxy) is 1. The second-order valence-electron chi connectivity index (χ2n) is 7.41. The summed E-state index contributed by atoms with van der Waals surface area (Å²) in [6.45, 7) is 5.64. The Kier molecular flexibility index (Phi) is 3.95. The van der Waals surface area contributed by atoms with Crippen molar-refractivity contribution < 1.29 is 9.15 Å². The van der Waals surface area contributed by atoms with Crippen LogP contribution in [0.3, 0.4) is 0 Å². The highest BCUT2D eigenvalue weighted by atomic mass is 16.5. The zero-order chi connectivity index (χ0) is 17.5. The Morgan fingerprint density at radius 2 is 1.88 bits per heavy atom. The lowest BCUT2D eigenvalue weighted by atomic mass is 9.83. The summed E-state index contributed by atoms with van der Waals surface area (Å²) in [6, 6.07) is 15.5. The normalized spacial score (nSPS) is 21.1. The first-order chi connectivity index (χ1) is 12.8. The Balaban J connectivity index is 1.57. The van der Waals surface area contributed by atoms with E-state index in [1.54, 1.807) is 6.26 Å². The summed E-state index contributed by atoms with van der Waals surface area (Å²) in [5.41, 5.74) is 6.55. The average molecular weight is 348 g/mol. The van der Waals surface area contributed by atoms with Crippen LogP contribution in [0.15, 0.2) is 53.1 Å². The third-order valence-electron chi connectivity index (χ3n) is 5.72. The van der Waals surface area contributed by atoms with Crippen molar-refractivity contribution in [3.63, 3.8) is 0 Å². The Bertz CT molecular complexity index is 927. The molecule has 0 spiro atoms. The van der Waals surface area contributed by atoms with Crippen molar-refractivity contribution >= 4 is 16.7 Å². The second-order valence-corrected chi connectivity index (χ2v) is 7.41. The van der Waals surface area contributed by atoms with E-state index in [0.717, 1.165) is 45.0 Å². The fraction of sp³-hybridized carbons (Fsp3) is 0.364. The maximum Gasteiger partial charge on any atom is 0.134 e. The number of morpholine rings is 1. The van der Waals surface area contributed by atoms with E-state index in [1.807, 2.05) is 6.07 Å². The average Bonchev–Trinajstić information content (AvgIpc) is 3.16. The van der Waals surface area contributed by atoms with Gasteiger partial charge in [-0.15, -0.1) is 0 Å². The molecule has 3 aromatic rings. The minimum Gasteiger partial charge on any atom is -0.464 e. The van der Waals surface area contributed by atoms with Crippen molar-refractivity contribution in [1.82, 2.24) is 4.90 Å². The van der Waals surface area contributed by atoms with Crippen molar-refractivity contribution in [2.24, 2.45) is 0 Å². The molecule has 0 amide bonds. The minimum atomic E-state index is 0.379. The molecule has 1 unspecified atom stereocenters. The summed E-state index contributed by atoms with van der Waals surface area (Å²) in [5, 5.41) is 1.23. The molecule has 2 aliphatic rings. The second kappa shape index (κ2) is 6.45. The zero-order valence-electron chi connectivity index (χ0n) is 15.1. The number of anilines is 1. The quantitative estimate of drug-likeness (QED) is 0.703. The molecule has 1 saturated heterocycles. The number of benzene rings is 2. The smallest absolute Gasteiger partial charge is 0.134 e. The van der Waals surface area contributed by atoms with Crippen molar-refractivity contribution in [2.45, 2.75) is 12.5 Å². The number of likely N-dealkylation sites (N-methyl/N-ethyl adjacent to an activating group) is 1. The molecule has 134 valence electrons. The van der Waals surface area contributed by atoms with Gasteiger partial charge in [-0.25, -0.2) is 0 Å². The maximum atomic E-state index is 5.63. The molecule has 0 saturated carbocycles. The van der Waals surface area contributed by atoms with Crippen molar-refractivity contribution in [2.75, 3.05) is 44.8 Å². The van der Waals surface area contributed by atoms with E-state index in [4.69, 9.17) is 9.15 Å². The first-order valence-corrected chi connectivity index (χ1v) is 9.40. The Hall–Kier alpha value is -2.30. The lowest BCUT2D eigenvalue weighted by molar-refractivity contribution is 0.122. The summed E-state index contributed by atoms with van der Waals surface area (Å²) >= 11 is 0. The van der Waals surface area contributed by atoms with Gasteiger partial charge in [0, 0.05) is 43.2 Å². The number of rotatable bonds is 2. The monoisotopic (exact) mass is 348 g/mol. The first kappa shape index (κ1) is 15.9. The standard InChI is InChI=1S/C22H24N2O2/c1-23-14-16-13-17(24-8-11-25-12-9-24)5-6-18(16)21(15-23)19-3-2-4-22-20(19)7-10-26-22/h2-7,10,13,21H,8-9,11-12,14-15H2,1H3. The van der Waals surface area contributed by atoms with Gasteiger partial charge in [0.25, 0.3) is 0 Å². The summed E-state index contributed by atoms with van der Waals surface area (Å²) in [6.07, 6.45) is 1.79. The lowest BCUT2D eigenvalue weighted by Crippen LogP contribution is -2.36. The predicted octanol–water partition coefficient (Wildman–Crippen LogP) is 3.85. The molecule has 4 nitrogen and oxygen atoms in total. The van der Waals surface area contributed by atoms with E-state index in [2.05, 4.69) is 53.2 Å². The van der Waals surface area contributed by atoms with Crippen molar-refractivity contribution in [3.8, 4) is 0 Å². The Morgan fingerprint density at radius 3 is 2.77 bits per heavy atom. The first-order valence-electron chi connectivity index (χ1n) is 9.40. The minimum absolute atomic E-state index is 0.379. The number of fused-ring (bicyclic) bond motifs is 2. The highest BCUT2D eigenvalue weighted by molar-refractivity contribution is 5.82. The molecule has 1 fully saturated rings. The van der Waals surface area contributed by atoms with Crippen LogP contribution in [-0.4, -0.2) is 44.8 Å². The molecule has 0 bridgehead atoms. The van der Waals surface area contributed by atoms with Crippen LogP contribution in [0.5, 0.6) is 0 Å². The molecule has 0 N–H and O–H groups in total. The molecule has 1 atom stereocenters. The fourth-order valence-electron chi connectivity index (χ4n) is 4.44. The van der Waals surface area contributed by atoms with Gasteiger partial charge in [0.1, 0.15) is 5.58 Å². The maximum absolute atomic E-state index is 5.63. The molecule has 0 aliphatic carbocycles. The van der Waals surface area contributed by atoms with Crippen LogP contribution in [-0.2, 0) is 11.3 Å². The lowest BCUT2D eigenvalue weighted by Gasteiger charge is -2.35. The number of furan rings is 1. The summed E-state index contributed by atoms with van der Waals surface area (Å²) in [7, 11) is 2.22. The SMILES string of the molecule is CN1Cc2cc(N3CCOCC3)ccc2C(c2cccc3occc23)C1. The summed E-state index contributed by atoms with van der Waals surface area (Å²) < 4.78 is 11.1. The molecule has 5 rings (SSSR count). The highest BCUT2D eigenvalue weighted by Crippen LogP contribution is 2.38. The molecule has 2 aromatic carbocycles. The number of hydrogen-bond donors (Lipinski definition) is 0. The fourth-order valence-corrected chi connectivity index (χ4v) is 4.44. The van der Waals surface area contributed by atoms with Crippen LogP contribution in [0.4, 0.5) is 5.69 Å². The molecule has 1 aromatic heterocycles. The molecular formula is C22H24N2O2. The van der Waals surface area contributed by atoms with E-state index >= 15 is 0 Å². The van der Waals surface area contributed by atoms with E-state index in [9.17, 15) is 0 Å². The Labute approximate surface area is 154 Å². The number of nitrogens with zero attached hydrogens (tertiary/aromatic N) is 2. The number of hydrogen-bond acceptors (Lipinski definition) is 4. The summed E-state index contributed by atoms with van der Waals surface area (Å²) in [5.74, 6) is 0.379. The van der Waals surface area contributed by atoms with E-state index in [0.29, 0.717) is 5.92 Å². The van der Waals surface area contributed by atoms with Gasteiger partial charge in [-0.1, -0.05) is 18.2 Å². The third-order valence-corrected chi connectivity index (χ3v) is 5.72. The van der Waals surface area contributed by atoms with E-state index < -0.39 is 0 Å². The van der Waals surface area contributed by atoms with E-state index in [1.165, 1.54) is 27.8 Å². The molecule has 3 heterocycles. The van der Waals surface area contributed by atoms with Gasteiger partial charge in [-0.3, -0.25) is 0 Å². The zero-order valence-corrected chi connectivity index (χ0v) is 15.1. The van der Waals surface area contributed by atoms with Crippen LogP contribution in [0.1, 0.15) is 22.6 Å². The van der Waals surface area contributed by atoms with Gasteiger partial charge in [-0.2, -0.15) is 0 Å². The molecule has 4 heteroatoms. The van der Waals surface area contributed by atoms with Crippen LogP contribution in [0.25, 0.3) is 11.0 Å². The molecule has 2 aliphatic heterocycles. The molecule has 26 heavy (non-hydrogen) atoms. The van der Waals surface area contributed by atoms with E-state index in [-0.39, 0.29) is 0 Å². The topological polar surface area (TPSA) is 28.9 Å². The molecule has 0 radical (unpaired) electrons. The van der Waals surface area contributed by atoms with Gasteiger partial charge in [-0.05, 0) is 48.0 Å². The third kappa shape index (κ3) is 2.70. The largest absolute Gasteiger partial charge is 0.464 e. The Morgan fingerprint density at radius 1 is 1.00 bits per heavy atom. The summed E-state index contributed by atoms with van der Waals surface area (Å²) in [4.78, 5) is 4.86. The predicted molar refractivity (Wildman–Crippen MR) is 104 cm³/mol. The van der Waals surface area contributed by atoms with Crippen LogP contribution >= 0.6 is 0 Å². The van der Waals surface area contributed by atoms with Gasteiger partial charge in [0.05, 0.1) is 19.5 Å². The van der Waals surface area contributed by atoms with Gasteiger partial charge >= 0.3 is 0 Å². The molecular weight excluding hydrogens is 324 g/mol. The van der Waals surface area contributed by atoms with Crippen molar-refractivity contribution in [1.29, 1.82) is 0 Å². The highest BCUT2D eigenvalue weighted by Gasteiger charge is 2.27. The van der Waals surface area contributed by atoms with Crippen LogP contribution in [0.2, 0.25) is 0 Å². The van der Waals surface area contributed by atoms with Crippen molar-refractivity contribution in [3.05, 3.63) is 65.4 Å². The van der Waals surface area contributed by atoms with Gasteiger partial charge in [0.15, 0.2) is 0 Å². The van der Waals surface area contributed by atoms with Crippen LogP contribution < -0.4 is 4.90 Å². The van der Waals surface area contributed by atoms with Gasteiger partial charge in [0.2, 0.25) is 0 Å². The van der Waals surface area contributed by atoms with Gasteiger partial charge < -0.3 is 19.0 Å².